The second-order valence-electron chi connectivity index (χ2n) is 6.22. The number of hydrogen-bond donors (Lipinski definition) is 2. The standard InChI is InChI=1S/C16H26N2O2S/c1-4-17-13(2)14-7-9-15(10-8-14)21(19,20)18-16(3)11-5-6-12-16/h7-10,13,17-18H,4-6,11-12H2,1-3H3. The number of hydrogen-bond acceptors (Lipinski definition) is 3. The fraction of sp³-hybridized carbons (Fsp3) is 0.625. The molecule has 0 heterocycles. The zero-order valence-corrected chi connectivity index (χ0v) is 14.0. The van der Waals surface area contributed by atoms with E-state index in [0.29, 0.717) is 4.90 Å². The van der Waals surface area contributed by atoms with Crippen LogP contribution in [0.15, 0.2) is 29.2 Å². The molecule has 2 N–H and O–H groups in total. The van der Waals surface area contributed by atoms with Gasteiger partial charge in [0.2, 0.25) is 10.0 Å². The average molecular weight is 310 g/mol. The monoisotopic (exact) mass is 310 g/mol. The van der Waals surface area contributed by atoms with Crippen molar-refractivity contribution in [2.75, 3.05) is 6.54 Å². The van der Waals surface area contributed by atoms with Crippen LogP contribution in [0, 0.1) is 0 Å². The van der Waals surface area contributed by atoms with Crippen molar-refractivity contribution >= 4 is 10.0 Å². The number of nitrogens with one attached hydrogen (secondary N) is 2. The molecular weight excluding hydrogens is 284 g/mol. The predicted octanol–water partition coefficient (Wildman–Crippen LogP) is 2.97. The Balaban J connectivity index is 2.13. The van der Waals surface area contributed by atoms with Crippen LogP contribution in [-0.4, -0.2) is 20.5 Å². The van der Waals surface area contributed by atoms with Gasteiger partial charge in [-0.1, -0.05) is 31.9 Å². The van der Waals surface area contributed by atoms with Crippen LogP contribution in [0.25, 0.3) is 0 Å². The normalized spacial score (nSPS) is 19.6. The van der Waals surface area contributed by atoms with Crippen molar-refractivity contribution in [1.82, 2.24) is 10.0 Å². The third-order valence-corrected chi connectivity index (χ3v) is 5.94. The maximum Gasteiger partial charge on any atom is 0.241 e. The molecule has 1 aromatic carbocycles. The second-order valence-corrected chi connectivity index (χ2v) is 7.90. The van der Waals surface area contributed by atoms with Crippen molar-refractivity contribution in [2.24, 2.45) is 0 Å². The molecule has 4 nitrogen and oxygen atoms in total. The smallest absolute Gasteiger partial charge is 0.241 e. The first-order chi connectivity index (χ1) is 9.86. The third kappa shape index (κ3) is 4.05. The summed E-state index contributed by atoms with van der Waals surface area (Å²) in [5.74, 6) is 0. The largest absolute Gasteiger partial charge is 0.310 e. The van der Waals surface area contributed by atoms with Gasteiger partial charge in [-0.25, -0.2) is 13.1 Å². The highest BCUT2D eigenvalue weighted by Gasteiger charge is 2.33. The lowest BCUT2D eigenvalue weighted by Gasteiger charge is -2.25. The minimum absolute atomic E-state index is 0.229. The maximum atomic E-state index is 12.5. The molecule has 5 heteroatoms. The Labute approximate surface area is 128 Å². The predicted molar refractivity (Wildman–Crippen MR) is 85.7 cm³/mol. The second kappa shape index (κ2) is 6.46. The lowest BCUT2D eigenvalue weighted by atomic mass is 10.0. The fourth-order valence-electron chi connectivity index (χ4n) is 3.00. The zero-order valence-electron chi connectivity index (χ0n) is 13.1. The van der Waals surface area contributed by atoms with Crippen LogP contribution in [-0.2, 0) is 10.0 Å². The van der Waals surface area contributed by atoms with Gasteiger partial charge >= 0.3 is 0 Å². The van der Waals surface area contributed by atoms with Crippen LogP contribution in [0.2, 0.25) is 0 Å². The van der Waals surface area contributed by atoms with Gasteiger partial charge in [-0.2, -0.15) is 0 Å². The van der Waals surface area contributed by atoms with Gasteiger partial charge in [0.05, 0.1) is 4.90 Å². The van der Waals surface area contributed by atoms with Gasteiger partial charge < -0.3 is 5.32 Å². The molecule has 1 aliphatic carbocycles. The average Bonchev–Trinajstić information content (AvgIpc) is 2.84. The molecule has 1 saturated carbocycles. The van der Waals surface area contributed by atoms with Crippen molar-refractivity contribution in [3.8, 4) is 0 Å². The van der Waals surface area contributed by atoms with Gasteiger partial charge in [0.25, 0.3) is 0 Å². The highest BCUT2D eigenvalue weighted by Crippen LogP contribution is 2.30. The van der Waals surface area contributed by atoms with Crippen LogP contribution in [0.5, 0.6) is 0 Å². The molecule has 1 unspecified atom stereocenters. The highest BCUT2D eigenvalue weighted by atomic mass is 32.2. The first-order valence-electron chi connectivity index (χ1n) is 7.74. The van der Waals surface area contributed by atoms with E-state index in [2.05, 4.69) is 23.9 Å². The van der Waals surface area contributed by atoms with Crippen LogP contribution in [0.4, 0.5) is 0 Å². The first kappa shape index (κ1) is 16.5. The van der Waals surface area contributed by atoms with Crippen molar-refractivity contribution in [3.63, 3.8) is 0 Å². The van der Waals surface area contributed by atoms with Gasteiger partial charge in [-0.15, -0.1) is 0 Å². The molecule has 1 aromatic rings. The van der Waals surface area contributed by atoms with E-state index >= 15 is 0 Å². The van der Waals surface area contributed by atoms with Crippen LogP contribution >= 0.6 is 0 Å². The summed E-state index contributed by atoms with van der Waals surface area (Å²) in [6.45, 7) is 7.02. The molecule has 1 aliphatic rings. The van der Waals surface area contributed by atoms with E-state index in [9.17, 15) is 8.42 Å². The Hall–Kier alpha value is -0.910. The van der Waals surface area contributed by atoms with E-state index in [-0.39, 0.29) is 11.6 Å². The summed E-state index contributed by atoms with van der Waals surface area (Å²) in [6.07, 6.45) is 4.03. The highest BCUT2D eigenvalue weighted by molar-refractivity contribution is 7.89. The molecule has 0 bridgehead atoms. The van der Waals surface area contributed by atoms with Crippen molar-refractivity contribution in [3.05, 3.63) is 29.8 Å². The van der Waals surface area contributed by atoms with Gasteiger partial charge in [0.1, 0.15) is 0 Å². The lowest BCUT2D eigenvalue weighted by molar-refractivity contribution is 0.427. The van der Waals surface area contributed by atoms with Gasteiger partial charge in [-0.05, 0) is 50.9 Å². The number of sulfonamides is 1. The molecule has 21 heavy (non-hydrogen) atoms. The molecule has 0 spiro atoms. The summed E-state index contributed by atoms with van der Waals surface area (Å²) in [5.41, 5.74) is 0.817. The molecule has 0 saturated heterocycles. The third-order valence-electron chi connectivity index (χ3n) is 4.29. The molecule has 0 radical (unpaired) electrons. The number of benzene rings is 1. The van der Waals surface area contributed by atoms with Crippen molar-refractivity contribution in [1.29, 1.82) is 0 Å². The van der Waals surface area contributed by atoms with E-state index in [1.807, 2.05) is 19.1 Å². The molecule has 118 valence electrons. The van der Waals surface area contributed by atoms with Gasteiger partial charge in [0, 0.05) is 11.6 Å². The summed E-state index contributed by atoms with van der Waals surface area (Å²) in [5, 5.41) is 3.32. The Morgan fingerprint density at radius 1 is 1.19 bits per heavy atom. The molecule has 0 amide bonds. The maximum absolute atomic E-state index is 12.5. The van der Waals surface area contributed by atoms with E-state index in [0.717, 1.165) is 37.8 Å². The summed E-state index contributed by atoms with van der Waals surface area (Å²) in [6, 6.07) is 7.40. The molecule has 1 atom stereocenters. The first-order valence-corrected chi connectivity index (χ1v) is 9.22. The molecule has 0 aliphatic heterocycles. The van der Waals surface area contributed by atoms with E-state index < -0.39 is 10.0 Å². The van der Waals surface area contributed by atoms with Crippen LogP contribution in [0.1, 0.15) is 58.1 Å². The zero-order chi connectivity index (χ0) is 15.5. The molecule has 1 fully saturated rings. The van der Waals surface area contributed by atoms with Crippen molar-refractivity contribution < 1.29 is 8.42 Å². The Morgan fingerprint density at radius 2 is 1.76 bits per heavy atom. The van der Waals surface area contributed by atoms with E-state index in [4.69, 9.17) is 0 Å². The minimum atomic E-state index is -3.43. The summed E-state index contributed by atoms with van der Waals surface area (Å²) in [4.78, 5) is 0.350. The Kier molecular flexibility index (Phi) is 5.07. The van der Waals surface area contributed by atoms with Gasteiger partial charge in [0.15, 0.2) is 0 Å². The summed E-state index contributed by atoms with van der Waals surface area (Å²) < 4.78 is 27.8. The van der Waals surface area contributed by atoms with E-state index in [1.165, 1.54) is 0 Å². The summed E-state index contributed by atoms with van der Waals surface area (Å²) in [7, 11) is -3.43. The Morgan fingerprint density at radius 3 is 2.29 bits per heavy atom. The van der Waals surface area contributed by atoms with Gasteiger partial charge in [-0.3, -0.25) is 0 Å². The van der Waals surface area contributed by atoms with E-state index in [1.54, 1.807) is 12.1 Å². The van der Waals surface area contributed by atoms with Crippen molar-refractivity contribution in [2.45, 2.75) is 62.9 Å². The SMILES string of the molecule is CCNC(C)c1ccc(S(=O)(=O)NC2(C)CCCC2)cc1. The topological polar surface area (TPSA) is 58.2 Å². The quantitative estimate of drug-likeness (QED) is 0.849. The van der Waals surface area contributed by atoms with Crippen LogP contribution in [0.3, 0.4) is 0 Å². The molecule has 0 aromatic heterocycles. The summed E-state index contributed by atoms with van der Waals surface area (Å²) >= 11 is 0. The minimum Gasteiger partial charge on any atom is -0.310 e. The molecular formula is C16H26N2O2S. The number of rotatable bonds is 6. The Bertz CT molecular complexity index is 560. The lowest BCUT2D eigenvalue weighted by Crippen LogP contribution is -2.43. The fourth-order valence-corrected chi connectivity index (χ4v) is 4.47. The molecule has 2 rings (SSSR count). The van der Waals surface area contributed by atoms with Crippen LogP contribution < -0.4 is 10.0 Å².